The summed E-state index contributed by atoms with van der Waals surface area (Å²) >= 11 is 0. The summed E-state index contributed by atoms with van der Waals surface area (Å²) in [7, 11) is 0. The monoisotopic (exact) mass is 449 g/mol. The molecule has 0 N–H and O–H groups in total. The van der Waals surface area contributed by atoms with Gasteiger partial charge in [0.05, 0.1) is 13.2 Å². The van der Waals surface area contributed by atoms with Gasteiger partial charge in [0.1, 0.15) is 5.52 Å². The summed E-state index contributed by atoms with van der Waals surface area (Å²) in [6.45, 7) is 8.07. The van der Waals surface area contributed by atoms with Crippen molar-refractivity contribution < 1.29 is 18.7 Å². The summed E-state index contributed by atoms with van der Waals surface area (Å²) in [6.07, 6.45) is 2.47. The van der Waals surface area contributed by atoms with Gasteiger partial charge in [-0.05, 0) is 68.5 Å². The predicted octanol–water partition coefficient (Wildman–Crippen LogP) is 4.43. The summed E-state index contributed by atoms with van der Waals surface area (Å²) in [5.74, 6) is 1.86. The second kappa shape index (κ2) is 9.33. The highest BCUT2D eigenvalue weighted by Gasteiger charge is 2.32. The Kier molecular flexibility index (Phi) is 6.11. The fourth-order valence-electron chi connectivity index (χ4n) is 4.86. The number of amides is 1. The van der Waals surface area contributed by atoms with Crippen LogP contribution in [0.3, 0.4) is 0 Å². The maximum absolute atomic E-state index is 13.3. The zero-order chi connectivity index (χ0) is 22.8. The standard InChI is InChI=1S/C26H31N3O4/c1-3-31-23-15-19-11-14-29(17-20(19)16-24(23)32-4-2)25(30)18-9-12-28(13-10-18)26-27-21-7-5-6-8-22(21)33-26/h5-8,15-16,18H,3-4,9-14,17H2,1-2H3. The molecule has 0 bridgehead atoms. The van der Waals surface area contributed by atoms with Crippen LogP contribution in [-0.4, -0.2) is 48.6 Å². The number of ether oxygens (including phenoxy) is 2. The normalized spacial score (nSPS) is 16.7. The molecule has 3 heterocycles. The second-order valence-electron chi connectivity index (χ2n) is 8.67. The number of piperidine rings is 1. The molecule has 5 rings (SSSR count). The molecule has 7 heteroatoms. The number of nitrogens with zero attached hydrogens (tertiary/aromatic N) is 3. The van der Waals surface area contributed by atoms with Gasteiger partial charge in [0.2, 0.25) is 5.91 Å². The van der Waals surface area contributed by atoms with Gasteiger partial charge in [-0.1, -0.05) is 12.1 Å². The Morgan fingerprint density at radius 1 is 1.03 bits per heavy atom. The molecule has 0 saturated carbocycles. The van der Waals surface area contributed by atoms with Crippen LogP contribution in [0.5, 0.6) is 11.5 Å². The van der Waals surface area contributed by atoms with E-state index in [1.165, 1.54) is 5.56 Å². The molecule has 1 fully saturated rings. The first kappa shape index (κ1) is 21.6. The van der Waals surface area contributed by atoms with Gasteiger partial charge in [0.25, 0.3) is 6.01 Å². The van der Waals surface area contributed by atoms with Crippen LogP contribution in [-0.2, 0) is 17.8 Å². The molecular weight excluding hydrogens is 418 g/mol. The van der Waals surface area contributed by atoms with Crippen LogP contribution in [0.2, 0.25) is 0 Å². The average molecular weight is 450 g/mol. The smallest absolute Gasteiger partial charge is 0.298 e. The van der Waals surface area contributed by atoms with Crippen molar-refractivity contribution in [2.75, 3.05) is 37.7 Å². The number of rotatable bonds is 6. The highest BCUT2D eigenvalue weighted by Crippen LogP contribution is 2.35. The van der Waals surface area contributed by atoms with Crippen molar-refractivity contribution in [1.82, 2.24) is 9.88 Å². The lowest BCUT2D eigenvalue weighted by Gasteiger charge is -2.36. The van der Waals surface area contributed by atoms with Crippen molar-refractivity contribution in [2.45, 2.75) is 39.7 Å². The molecule has 0 aliphatic carbocycles. The minimum absolute atomic E-state index is 0.0428. The van der Waals surface area contributed by atoms with Gasteiger partial charge in [0, 0.05) is 32.1 Å². The predicted molar refractivity (Wildman–Crippen MR) is 127 cm³/mol. The molecule has 2 aliphatic rings. The van der Waals surface area contributed by atoms with Crippen molar-refractivity contribution in [3.63, 3.8) is 0 Å². The van der Waals surface area contributed by atoms with E-state index in [-0.39, 0.29) is 11.8 Å². The van der Waals surface area contributed by atoms with Crippen molar-refractivity contribution in [3.05, 3.63) is 47.5 Å². The van der Waals surface area contributed by atoms with Crippen LogP contribution in [0.1, 0.15) is 37.8 Å². The quantitative estimate of drug-likeness (QED) is 0.555. The first-order chi connectivity index (χ1) is 16.2. The summed E-state index contributed by atoms with van der Waals surface area (Å²) in [4.78, 5) is 22.1. The molecule has 2 aliphatic heterocycles. The number of hydrogen-bond donors (Lipinski definition) is 0. The van der Waals surface area contributed by atoms with Crippen LogP contribution in [0.25, 0.3) is 11.1 Å². The molecule has 33 heavy (non-hydrogen) atoms. The molecule has 2 aromatic carbocycles. The van der Waals surface area contributed by atoms with Crippen LogP contribution >= 0.6 is 0 Å². The van der Waals surface area contributed by atoms with Crippen molar-refractivity contribution >= 4 is 23.0 Å². The second-order valence-corrected chi connectivity index (χ2v) is 8.67. The van der Waals surface area contributed by atoms with E-state index in [0.717, 1.165) is 67.1 Å². The minimum atomic E-state index is 0.0428. The van der Waals surface area contributed by atoms with E-state index >= 15 is 0 Å². The Hall–Kier alpha value is -3.22. The van der Waals surface area contributed by atoms with Crippen LogP contribution in [0.4, 0.5) is 6.01 Å². The fraction of sp³-hybridized carbons (Fsp3) is 0.462. The molecule has 0 spiro atoms. The maximum atomic E-state index is 13.3. The van der Waals surface area contributed by atoms with E-state index in [2.05, 4.69) is 22.0 Å². The number of para-hydroxylation sites is 2. The maximum Gasteiger partial charge on any atom is 0.298 e. The third kappa shape index (κ3) is 4.36. The highest BCUT2D eigenvalue weighted by molar-refractivity contribution is 5.80. The van der Waals surface area contributed by atoms with Gasteiger partial charge in [-0.3, -0.25) is 4.79 Å². The number of carbonyl (C=O) groups is 1. The lowest BCUT2D eigenvalue weighted by atomic mass is 9.93. The molecule has 3 aromatic rings. The zero-order valence-electron chi connectivity index (χ0n) is 19.4. The van der Waals surface area contributed by atoms with Crippen molar-refractivity contribution in [1.29, 1.82) is 0 Å². The van der Waals surface area contributed by atoms with Gasteiger partial charge < -0.3 is 23.7 Å². The molecular formula is C26H31N3O4. The summed E-state index contributed by atoms with van der Waals surface area (Å²) in [5, 5.41) is 0. The number of anilines is 1. The largest absolute Gasteiger partial charge is 0.490 e. The van der Waals surface area contributed by atoms with Crippen LogP contribution in [0.15, 0.2) is 40.8 Å². The minimum Gasteiger partial charge on any atom is -0.490 e. The number of carbonyl (C=O) groups excluding carboxylic acids is 1. The number of aromatic nitrogens is 1. The molecule has 0 unspecified atom stereocenters. The summed E-state index contributed by atoms with van der Waals surface area (Å²) < 4.78 is 17.5. The molecule has 0 radical (unpaired) electrons. The first-order valence-corrected chi connectivity index (χ1v) is 12.0. The topological polar surface area (TPSA) is 68.0 Å². The van der Waals surface area contributed by atoms with Gasteiger partial charge in [-0.25, -0.2) is 0 Å². The molecule has 1 amide bonds. The molecule has 174 valence electrons. The third-order valence-electron chi connectivity index (χ3n) is 6.59. The van der Waals surface area contributed by atoms with Crippen LogP contribution in [0, 0.1) is 5.92 Å². The molecule has 7 nitrogen and oxygen atoms in total. The van der Waals surface area contributed by atoms with Gasteiger partial charge in [-0.15, -0.1) is 0 Å². The lowest BCUT2D eigenvalue weighted by Crippen LogP contribution is -2.44. The van der Waals surface area contributed by atoms with Crippen molar-refractivity contribution in [3.8, 4) is 11.5 Å². The Morgan fingerprint density at radius 2 is 1.73 bits per heavy atom. The van der Waals surface area contributed by atoms with E-state index in [0.29, 0.717) is 25.8 Å². The number of hydrogen-bond acceptors (Lipinski definition) is 6. The third-order valence-corrected chi connectivity index (χ3v) is 6.59. The Labute approximate surface area is 194 Å². The van der Waals surface area contributed by atoms with Crippen molar-refractivity contribution in [2.24, 2.45) is 5.92 Å². The molecule has 1 aromatic heterocycles. The first-order valence-electron chi connectivity index (χ1n) is 12.0. The number of benzene rings is 2. The zero-order valence-corrected chi connectivity index (χ0v) is 19.4. The van der Waals surface area contributed by atoms with E-state index in [9.17, 15) is 4.79 Å². The van der Waals surface area contributed by atoms with Gasteiger partial charge in [-0.2, -0.15) is 4.98 Å². The van der Waals surface area contributed by atoms with E-state index < -0.39 is 0 Å². The Bertz CT molecular complexity index is 1100. The van der Waals surface area contributed by atoms with Gasteiger partial charge in [0.15, 0.2) is 17.1 Å². The Morgan fingerprint density at radius 3 is 2.42 bits per heavy atom. The van der Waals surface area contributed by atoms with E-state index in [1.807, 2.05) is 43.0 Å². The summed E-state index contributed by atoms with van der Waals surface area (Å²) in [5.41, 5.74) is 4.08. The summed E-state index contributed by atoms with van der Waals surface area (Å²) in [6, 6.07) is 12.6. The molecule has 1 saturated heterocycles. The van der Waals surface area contributed by atoms with Crippen LogP contribution < -0.4 is 14.4 Å². The lowest BCUT2D eigenvalue weighted by molar-refractivity contribution is -0.137. The molecule has 0 atom stereocenters. The number of fused-ring (bicyclic) bond motifs is 2. The van der Waals surface area contributed by atoms with Gasteiger partial charge >= 0.3 is 0 Å². The number of oxazole rings is 1. The van der Waals surface area contributed by atoms with E-state index in [1.54, 1.807) is 0 Å². The van der Waals surface area contributed by atoms with E-state index in [4.69, 9.17) is 13.9 Å². The fourth-order valence-corrected chi connectivity index (χ4v) is 4.86. The average Bonchev–Trinajstić information content (AvgIpc) is 3.28. The highest BCUT2D eigenvalue weighted by atomic mass is 16.5. The SMILES string of the molecule is CCOc1cc2c(cc1OCC)CN(C(=O)C1CCN(c3nc4ccccc4o3)CC1)CC2. The Balaban J connectivity index is 1.23.